The van der Waals surface area contributed by atoms with Crippen molar-refractivity contribution < 1.29 is 14.9 Å². The van der Waals surface area contributed by atoms with Crippen LogP contribution in [0.1, 0.15) is 18.5 Å². The van der Waals surface area contributed by atoms with Crippen LogP contribution < -0.4 is 10.6 Å². The molecule has 0 spiro atoms. The SMILES string of the molecule is CNC(=O)CN(C)C(=O)C[NH2+][C@H](C)c1cccc(Cl)c1. The van der Waals surface area contributed by atoms with Gasteiger partial charge in [0.1, 0.15) is 6.04 Å². The Hall–Kier alpha value is -1.59. The number of halogens is 1. The molecule has 2 amide bonds. The molecule has 0 aromatic heterocycles. The summed E-state index contributed by atoms with van der Waals surface area (Å²) in [7, 11) is 3.17. The number of benzene rings is 1. The number of hydrogen-bond acceptors (Lipinski definition) is 2. The molecule has 5 nitrogen and oxygen atoms in total. The van der Waals surface area contributed by atoms with E-state index in [0.29, 0.717) is 11.6 Å². The van der Waals surface area contributed by atoms with Crippen molar-refractivity contribution in [2.45, 2.75) is 13.0 Å². The minimum absolute atomic E-state index is 0.0781. The van der Waals surface area contributed by atoms with E-state index in [2.05, 4.69) is 5.32 Å². The van der Waals surface area contributed by atoms with E-state index in [4.69, 9.17) is 11.6 Å². The lowest BCUT2D eigenvalue weighted by Crippen LogP contribution is -2.87. The van der Waals surface area contributed by atoms with E-state index >= 15 is 0 Å². The molecule has 1 aromatic carbocycles. The smallest absolute Gasteiger partial charge is 0.277 e. The highest BCUT2D eigenvalue weighted by molar-refractivity contribution is 6.30. The van der Waals surface area contributed by atoms with Crippen LogP contribution in [-0.2, 0) is 9.59 Å². The number of likely N-dealkylation sites (N-methyl/N-ethyl adjacent to an activating group) is 2. The Bertz CT molecular complexity index is 479. The quantitative estimate of drug-likeness (QED) is 0.786. The van der Waals surface area contributed by atoms with Gasteiger partial charge in [-0.2, -0.15) is 0 Å². The van der Waals surface area contributed by atoms with Gasteiger partial charge in [0.05, 0.1) is 6.54 Å². The van der Waals surface area contributed by atoms with Gasteiger partial charge in [-0.25, -0.2) is 0 Å². The van der Waals surface area contributed by atoms with E-state index in [1.165, 1.54) is 4.90 Å². The molecule has 0 unspecified atom stereocenters. The molecule has 0 saturated heterocycles. The summed E-state index contributed by atoms with van der Waals surface area (Å²) >= 11 is 5.94. The molecular weight excluding hydrogens is 278 g/mol. The number of nitrogens with two attached hydrogens (primary N) is 1. The first kappa shape index (κ1) is 16.5. The van der Waals surface area contributed by atoms with E-state index in [1.54, 1.807) is 14.1 Å². The summed E-state index contributed by atoms with van der Waals surface area (Å²) in [5.41, 5.74) is 1.07. The topological polar surface area (TPSA) is 66.0 Å². The van der Waals surface area contributed by atoms with Crippen molar-refractivity contribution in [3.63, 3.8) is 0 Å². The first-order chi connectivity index (χ1) is 9.43. The van der Waals surface area contributed by atoms with Crippen molar-refractivity contribution >= 4 is 23.4 Å². The Labute approximate surface area is 124 Å². The number of carbonyl (C=O) groups is 2. The lowest BCUT2D eigenvalue weighted by Gasteiger charge is -2.17. The molecule has 6 heteroatoms. The van der Waals surface area contributed by atoms with Crippen LogP contribution in [0.25, 0.3) is 0 Å². The second kappa shape index (κ2) is 7.87. The first-order valence-electron chi connectivity index (χ1n) is 6.47. The zero-order valence-electron chi connectivity index (χ0n) is 12.0. The summed E-state index contributed by atoms with van der Waals surface area (Å²) in [4.78, 5) is 24.5. The molecule has 110 valence electrons. The molecule has 1 rings (SSSR count). The van der Waals surface area contributed by atoms with Crippen LogP contribution in [0.4, 0.5) is 0 Å². The van der Waals surface area contributed by atoms with Gasteiger partial charge in [0.25, 0.3) is 5.91 Å². The van der Waals surface area contributed by atoms with Gasteiger partial charge in [-0.3, -0.25) is 9.59 Å². The summed E-state index contributed by atoms with van der Waals surface area (Å²) < 4.78 is 0. The molecular formula is C14H21ClN3O2+. The van der Waals surface area contributed by atoms with Gasteiger partial charge in [-0.15, -0.1) is 0 Å². The van der Waals surface area contributed by atoms with Gasteiger partial charge < -0.3 is 15.5 Å². The lowest BCUT2D eigenvalue weighted by molar-refractivity contribution is -0.683. The Kier molecular flexibility index (Phi) is 6.48. The highest BCUT2D eigenvalue weighted by Gasteiger charge is 2.16. The van der Waals surface area contributed by atoms with E-state index in [-0.39, 0.29) is 24.4 Å². The number of amides is 2. The van der Waals surface area contributed by atoms with Crippen LogP contribution in [0.2, 0.25) is 5.02 Å². The standard InChI is InChI=1S/C14H20ClN3O2/c1-10(11-5-4-6-12(15)7-11)17-8-14(20)18(3)9-13(19)16-2/h4-7,10,17H,8-9H2,1-3H3,(H,16,19)/p+1/t10-/m1/s1. The second-order valence-electron chi connectivity index (χ2n) is 4.71. The van der Waals surface area contributed by atoms with Crippen molar-refractivity contribution in [2.75, 3.05) is 27.2 Å². The number of nitrogens with zero attached hydrogens (tertiary/aromatic N) is 1. The van der Waals surface area contributed by atoms with E-state index in [1.807, 2.05) is 36.5 Å². The molecule has 0 heterocycles. The summed E-state index contributed by atoms with van der Waals surface area (Å²) in [5, 5.41) is 5.10. The molecule has 1 aromatic rings. The maximum Gasteiger partial charge on any atom is 0.277 e. The average Bonchev–Trinajstić information content (AvgIpc) is 2.43. The van der Waals surface area contributed by atoms with Crippen molar-refractivity contribution in [1.82, 2.24) is 10.2 Å². The third kappa shape index (κ3) is 5.19. The summed E-state index contributed by atoms with van der Waals surface area (Å²) in [5.74, 6) is -0.258. The number of quaternary nitrogens is 1. The third-order valence-corrected chi connectivity index (χ3v) is 3.34. The van der Waals surface area contributed by atoms with Crippen LogP contribution >= 0.6 is 11.6 Å². The lowest BCUT2D eigenvalue weighted by atomic mass is 10.1. The largest absolute Gasteiger partial charge is 0.358 e. The molecule has 0 bridgehead atoms. The Morgan fingerprint density at radius 2 is 2.15 bits per heavy atom. The molecule has 3 N–H and O–H groups in total. The zero-order chi connectivity index (χ0) is 15.1. The van der Waals surface area contributed by atoms with Crippen molar-refractivity contribution in [2.24, 2.45) is 0 Å². The van der Waals surface area contributed by atoms with Crippen molar-refractivity contribution in [1.29, 1.82) is 0 Å². The highest BCUT2D eigenvalue weighted by atomic mass is 35.5. The predicted octanol–water partition coefficient (Wildman–Crippen LogP) is 0.169. The van der Waals surface area contributed by atoms with Gasteiger partial charge in [0, 0.05) is 24.7 Å². The Balaban J connectivity index is 2.46. The third-order valence-electron chi connectivity index (χ3n) is 3.11. The molecule has 0 aliphatic rings. The molecule has 0 fully saturated rings. The van der Waals surface area contributed by atoms with Crippen molar-refractivity contribution in [3.05, 3.63) is 34.9 Å². The van der Waals surface area contributed by atoms with Gasteiger partial charge in [-0.05, 0) is 19.1 Å². The number of rotatable bonds is 6. The van der Waals surface area contributed by atoms with Gasteiger partial charge in [-0.1, -0.05) is 23.7 Å². The average molecular weight is 299 g/mol. The first-order valence-corrected chi connectivity index (χ1v) is 6.85. The summed E-state index contributed by atoms with van der Waals surface area (Å²) in [6.07, 6.45) is 0. The molecule has 0 aliphatic heterocycles. The van der Waals surface area contributed by atoms with E-state index < -0.39 is 0 Å². The summed E-state index contributed by atoms with van der Waals surface area (Å²) in [6, 6.07) is 7.71. The summed E-state index contributed by atoms with van der Waals surface area (Å²) in [6.45, 7) is 2.38. The normalized spacial score (nSPS) is 11.8. The maximum atomic E-state index is 11.9. The second-order valence-corrected chi connectivity index (χ2v) is 5.14. The van der Waals surface area contributed by atoms with E-state index in [0.717, 1.165) is 5.56 Å². The van der Waals surface area contributed by atoms with Gasteiger partial charge in [0.2, 0.25) is 5.91 Å². The minimum Gasteiger partial charge on any atom is -0.358 e. The maximum absolute atomic E-state index is 11.9. The molecule has 0 aliphatic carbocycles. The fourth-order valence-corrected chi connectivity index (χ4v) is 1.94. The van der Waals surface area contributed by atoms with Crippen LogP contribution in [-0.4, -0.2) is 43.9 Å². The number of carbonyl (C=O) groups excluding carboxylic acids is 2. The molecule has 0 radical (unpaired) electrons. The van der Waals surface area contributed by atoms with Crippen LogP contribution in [0.15, 0.2) is 24.3 Å². The zero-order valence-corrected chi connectivity index (χ0v) is 12.8. The van der Waals surface area contributed by atoms with Crippen LogP contribution in [0.5, 0.6) is 0 Å². The molecule has 1 atom stereocenters. The van der Waals surface area contributed by atoms with Crippen LogP contribution in [0.3, 0.4) is 0 Å². The Morgan fingerprint density at radius 1 is 1.45 bits per heavy atom. The monoisotopic (exact) mass is 298 g/mol. The number of hydrogen-bond donors (Lipinski definition) is 2. The predicted molar refractivity (Wildman–Crippen MR) is 78.4 cm³/mol. The van der Waals surface area contributed by atoms with Gasteiger partial charge >= 0.3 is 0 Å². The van der Waals surface area contributed by atoms with Crippen LogP contribution in [0, 0.1) is 0 Å². The minimum atomic E-state index is -0.177. The number of nitrogens with one attached hydrogen (secondary N) is 1. The fourth-order valence-electron chi connectivity index (χ4n) is 1.74. The Morgan fingerprint density at radius 3 is 2.75 bits per heavy atom. The fraction of sp³-hybridized carbons (Fsp3) is 0.429. The van der Waals surface area contributed by atoms with Gasteiger partial charge in [0.15, 0.2) is 6.54 Å². The van der Waals surface area contributed by atoms with E-state index in [9.17, 15) is 9.59 Å². The molecule has 20 heavy (non-hydrogen) atoms. The van der Waals surface area contributed by atoms with Crippen molar-refractivity contribution in [3.8, 4) is 0 Å². The highest BCUT2D eigenvalue weighted by Crippen LogP contribution is 2.14. The molecule has 0 saturated carbocycles.